The van der Waals surface area contributed by atoms with Crippen molar-refractivity contribution in [2.75, 3.05) is 32.7 Å². The Hall–Kier alpha value is 0.0500. The average Bonchev–Trinajstić information content (AvgIpc) is 2.79. The van der Waals surface area contributed by atoms with Crippen LogP contribution in [0.5, 0.6) is 0 Å². The summed E-state index contributed by atoms with van der Waals surface area (Å²) in [4.78, 5) is 2.31. The number of hydrogen-bond acceptors (Lipinski definition) is 4. The van der Waals surface area contributed by atoms with Crippen molar-refractivity contribution in [2.24, 2.45) is 0 Å². The quantitative estimate of drug-likeness (QED) is 0.640. The van der Waals surface area contributed by atoms with Crippen molar-refractivity contribution in [1.82, 2.24) is 9.21 Å². The molecule has 0 bridgehead atoms. The van der Waals surface area contributed by atoms with Gasteiger partial charge in [-0.1, -0.05) is 20.8 Å². The van der Waals surface area contributed by atoms with E-state index in [0.29, 0.717) is 17.3 Å². The van der Waals surface area contributed by atoms with E-state index in [-0.39, 0.29) is 0 Å². The summed E-state index contributed by atoms with van der Waals surface area (Å²) in [5, 5.41) is 0. The van der Waals surface area contributed by atoms with Crippen molar-refractivity contribution in [3.05, 3.63) is 15.4 Å². The van der Waals surface area contributed by atoms with E-state index in [1.54, 1.807) is 10.4 Å². The van der Waals surface area contributed by atoms with Gasteiger partial charge < -0.3 is 4.90 Å². The highest BCUT2D eigenvalue weighted by molar-refractivity contribution is 9.11. The zero-order valence-corrected chi connectivity index (χ0v) is 16.4. The van der Waals surface area contributed by atoms with Crippen LogP contribution in [0.1, 0.15) is 32.8 Å². The highest BCUT2D eigenvalue weighted by Gasteiger charge is 2.25. The Morgan fingerprint density at radius 1 is 1.14 bits per heavy atom. The molecule has 4 nitrogen and oxygen atoms in total. The highest BCUT2D eigenvalue weighted by Crippen LogP contribution is 2.32. The zero-order valence-electron chi connectivity index (χ0n) is 13.2. The van der Waals surface area contributed by atoms with Gasteiger partial charge >= 0.3 is 0 Å². The Labute approximate surface area is 141 Å². The number of nitrogens with zero attached hydrogens (tertiary/aromatic N) is 2. The van der Waals surface area contributed by atoms with Gasteiger partial charge in [-0.3, -0.25) is 0 Å². The second kappa shape index (κ2) is 8.62. The van der Waals surface area contributed by atoms with Crippen molar-refractivity contribution in [2.45, 2.75) is 38.3 Å². The van der Waals surface area contributed by atoms with Crippen LogP contribution in [0.2, 0.25) is 0 Å². The Kier molecular flexibility index (Phi) is 7.84. The number of hydrogen-bond donors (Lipinski definition) is 0. The van der Waals surface area contributed by atoms with E-state index >= 15 is 0 Å². The minimum absolute atomic E-state index is 0.427. The van der Waals surface area contributed by atoms with Crippen LogP contribution in [-0.4, -0.2) is 50.3 Å². The summed E-state index contributed by atoms with van der Waals surface area (Å²) in [6, 6.07) is 1.75. The zero-order chi connectivity index (χ0) is 16.0. The molecule has 0 fully saturated rings. The lowest BCUT2D eigenvalue weighted by Crippen LogP contribution is -2.34. The van der Waals surface area contributed by atoms with Crippen molar-refractivity contribution < 1.29 is 8.42 Å². The van der Waals surface area contributed by atoms with Gasteiger partial charge in [-0.15, -0.1) is 11.3 Å². The maximum absolute atomic E-state index is 12.6. The third kappa shape index (κ3) is 5.03. The van der Waals surface area contributed by atoms with E-state index < -0.39 is 10.0 Å². The Morgan fingerprint density at radius 2 is 1.76 bits per heavy atom. The van der Waals surface area contributed by atoms with E-state index in [2.05, 4.69) is 34.7 Å². The predicted octanol–water partition coefficient (Wildman–Crippen LogP) is 3.56. The summed E-state index contributed by atoms with van der Waals surface area (Å²) < 4.78 is 28.2. The SMILES string of the molecule is CCN(CC)CCCN(CC)S(=O)(=O)c1cc(C)c(Br)s1. The molecule has 0 atom stereocenters. The number of rotatable bonds is 9. The monoisotopic (exact) mass is 396 g/mol. The van der Waals surface area contributed by atoms with Gasteiger partial charge in [-0.25, -0.2) is 8.42 Å². The summed E-state index contributed by atoms with van der Waals surface area (Å²) >= 11 is 4.69. The molecular weight excluding hydrogens is 372 g/mol. The molecule has 21 heavy (non-hydrogen) atoms. The molecular formula is C14H25BrN2O2S2. The first-order valence-electron chi connectivity index (χ1n) is 7.35. The first-order chi connectivity index (χ1) is 9.86. The molecule has 1 heterocycles. The molecule has 0 amide bonds. The van der Waals surface area contributed by atoms with Crippen LogP contribution >= 0.6 is 27.3 Å². The molecule has 0 radical (unpaired) electrons. The summed E-state index contributed by atoms with van der Waals surface area (Å²) in [6.45, 7) is 12.1. The van der Waals surface area contributed by atoms with Crippen molar-refractivity contribution in [1.29, 1.82) is 0 Å². The Balaban J connectivity index is 2.74. The summed E-state index contributed by atoms with van der Waals surface area (Å²) in [7, 11) is -3.36. The van der Waals surface area contributed by atoms with E-state index in [4.69, 9.17) is 0 Å². The predicted molar refractivity (Wildman–Crippen MR) is 93.6 cm³/mol. The van der Waals surface area contributed by atoms with Crippen LogP contribution in [0.25, 0.3) is 0 Å². The molecule has 0 spiro atoms. The smallest absolute Gasteiger partial charge is 0.252 e. The molecule has 0 unspecified atom stereocenters. The van der Waals surface area contributed by atoms with E-state index in [1.807, 2.05) is 13.8 Å². The van der Waals surface area contributed by atoms with E-state index in [1.165, 1.54) is 11.3 Å². The van der Waals surface area contributed by atoms with Crippen molar-refractivity contribution in [3.8, 4) is 0 Å². The Bertz CT molecular complexity index is 520. The van der Waals surface area contributed by atoms with Crippen LogP contribution in [-0.2, 0) is 10.0 Å². The van der Waals surface area contributed by atoms with Crippen LogP contribution < -0.4 is 0 Å². The lowest BCUT2D eigenvalue weighted by Gasteiger charge is -2.22. The summed E-state index contributed by atoms with van der Waals surface area (Å²) in [6.07, 6.45) is 0.861. The van der Waals surface area contributed by atoms with Crippen LogP contribution in [0, 0.1) is 6.92 Å². The normalized spacial score (nSPS) is 12.5. The summed E-state index contributed by atoms with van der Waals surface area (Å²) in [5.74, 6) is 0. The van der Waals surface area contributed by atoms with Gasteiger partial charge in [0.2, 0.25) is 0 Å². The fourth-order valence-electron chi connectivity index (χ4n) is 2.14. The molecule has 0 N–H and O–H groups in total. The topological polar surface area (TPSA) is 40.6 Å². The van der Waals surface area contributed by atoms with Crippen LogP contribution in [0.15, 0.2) is 14.1 Å². The molecule has 7 heteroatoms. The molecule has 1 aromatic heterocycles. The minimum Gasteiger partial charge on any atom is -0.304 e. The van der Waals surface area contributed by atoms with Gasteiger partial charge in [0, 0.05) is 13.1 Å². The molecule has 0 aliphatic rings. The maximum Gasteiger partial charge on any atom is 0.252 e. The van der Waals surface area contributed by atoms with Crippen LogP contribution in [0.4, 0.5) is 0 Å². The molecule has 0 aromatic carbocycles. The van der Waals surface area contributed by atoms with Gasteiger partial charge in [0.05, 0.1) is 3.79 Å². The first kappa shape index (κ1) is 19.1. The van der Waals surface area contributed by atoms with Gasteiger partial charge in [-0.2, -0.15) is 4.31 Å². The largest absolute Gasteiger partial charge is 0.304 e. The number of thiophene rings is 1. The Morgan fingerprint density at radius 3 is 2.19 bits per heavy atom. The fourth-order valence-corrected chi connectivity index (χ4v) is 6.01. The minimum atomic E-state index is -3.36. The molecule has 0 aliphatic heterocycles. The standard InChI is InChI=1S/C14H25BrN2O2S2/c1-5-16(6-2)9-8-10-17(7-3)21(18,19)13-11-12(4)14(15)20-13/h11H,5-10H2,1-4H3. The lowest BCUT2D eigenvalue weighted by atomic mass is 10.3. The fraction of sp³-hybridized carbons (Fsp3) is 0.714. The van der Waals surface area contributed by atoms with E-state index in [0.717, 1.165) is 35.4 Å². The third-order valence-corrected chi connectivity index (χ3v) is 8.12. The second-order valence-electron chi connectivity index (χ2n) is 4.90. The van der Waals surface area contributed by atoms with Crippen molar-refractivity contribution >= 4 is 37.3 Å². The lowest BCUT2D eigenvalue weighted by molar-refractivity contribution is 0.285. The molecule has 1 aromatic rings. The van der Waals surface area contributed by atoms with Gasteiger partial charge in [0.1, 0.15) is 4.21 Å². The van der Waals surface area contributed by atoms with Gasteiger partial charge in [-0.05, 0) is 60.5 Å². The van der Waals surface area contributed by atoms with Crippen molar-refractivity contribution in [3.63, 3.8) is 0 Å². The second-order valence-corrected chi connectivity index (χ2v) is 9.43. The number of aryl methyl sites for hydroxylation is 1. The van der Waals surface area contributed by atoms with Crippen LogP contribution in [0.3, 0.4) is 0 Å². The molecule has 0 aliphatic carbocycles. The molecule has 0 saturated heterocycles. The number of sulfonamides is 1. The maximum atomic E-state index is 12.6. The van der Waals surface area contributed by atoms with Gasteiger partial charge in [0.25, 0.3) is 10.0 Å². The number of halogens is 1. The van der Waals surface area contributed by atoms with Gasteiger partial charge in [0.15, 0.2) is 0 Å². The molecule has 0 saturated carbocycles. The summed E-state index contributed by atoms with van der Waals surface area (Å²) in [5.41, 5.74) is 0.970. The highest BCUT2D eigenvalue weighted by atomic mass is 79.9. The third-order valence-electron chi connectivity index (χ3n) is 3.56. The first-order valence-corrected chi connectivity index (χ1v) is 10.4. The van der Waals surface area contributed by atoms with E-state index in [9.17, 15) is 8.42 Å². The average molecular weight is 397 g/mol. The molecule has 122 valence electrons. The molecule has 1 rings (SSSR count).